The first-order valence-electron chi connectivity index (χ1n) is 11.3. The van der Waals surface area contributed by atoms with Crippen LogP contribution in [0, 0.1) is 19.7 Å². The molecule has 0 bridgehead atoms. The van der Waals surface area contributed by atoms with Gasteiger partial charge in [-0.25, -0.2) is 14.4 Å². The van der Waals surface area contributed by atoms with Crippen LogP contribution in [0.3, 0.4) is 0 Å². The van der Waals surface area contributed by atoms with Gasteiger partial charge in [-0.15, -0.1) is 0 Å². The largest absolute Gasteiger partial charge is 0.487 e. The zero-order valence-electron chi connectivity index (χ0n) is 19.8. The monoisotopic (exact) mass is 465 g/mol. The molecule has 0 aliphatic heterocycles. The Balaban J connectivity index is 1.62. The molecule has 0 radical (unpaired) electrons. The number of carbonyl (C=O) groups is 1. The number of nitrogens with zero attached hydrogens (tertiary/aromatic N) is 3. The molecule has 0 N–H and O–H groups in total. The highest BCUT2D eigenvalue weighted by Gasteiger charge is 2.26. The molecule has 1 unspecified atom stereocenters. The molecule has 1 atom stereocenters. The van der Waals surface area contributed by atoms with Gasteiger partial charge in [-0.05, 0) is 49.4 Å². The lowest BCUT2D eigenvalue weighted by Crippen LogP contribution is -2.12. The second-order valence-electron chi connectivity index (χ2n) is 8.36. The van der Waals surface area contributed by atoms with E-state index >= 15 is 0 Å². The van der Waals surface area contributed by atoms with Crippen LogP contribution in [0.15, 0.2) is 47.4 Å². The van der Waals surface area contributed by atoms with E-state index in [1.165, 1.54) is 19.1 Å². The number of carbonyl (C=O) groups excluding carboxylic acids is 1. The van der Waals surface area contributed by atoms with Crippen molar-refractivity contribution in [3.8, 4) is 11.5 Å². The number of oxazole rings is 1. The van der Waals surface area contributed by atoms with E-state index in [0.717, 1.165) is 5.56 Å². The van der Waals surface area contributed by atoms with Gasteiger partial charge in [-0.3, -0.25) is 4.79 Å². The number of Topliss-reactive ketones (excluding diaryl/α,β-unsaturated/α-hetero) is 1. The minimum absolute atomic E-state index is 0.137. The number of ketones is 1. The number of hydrogen-bond acceptors (Lipinski definition) is 6. The van der Waals surface area contributed by atoms with Crippen molar-refractivity contribution >= 4 is 16.9 Å². The molecule has 2 aromatic heterocycles. The molecule has 0 aliphatic carbocycles. The lowest BCUT2D eigenvalue weighted by atomic mass is 9.98. The molecule has 7 nitrogen and oxygen atoms in total. The zero-order chi connectivity index (χ0) is 24.2. The molecule has 34 heavy (non-hydrogen) atoms. The number of fused-ring (bicyclic) bond motifs is 1. The summed E-state index contributed by atoms with van der Waals surface area (Å²) in [5, 5.41) is 0. The Morgan fingerprint density at radius 3 is 2.56 bits per heavy atom. The summed E-state index contributed by atoms with van der Waals surface area (Å²) in [4.78, 5) is 21.2. The van der Waals surface area contributed by atoms with Gasteiger partial charge in [-0.2, -0.15) is 0 Å². The highest BCUT2D eigenvalue weighted by Crippen LogP contribution is 2.42. The van der Waals surface area contributed by atoms with Crippen molar-refractivity contribution in [2.24, 2.45) is 0 Å². The van der Waals surface area contributed by atoms with Crippen molar-refractivity contribution in [3.05, 3.63) is 71.4 Å². The number of hydrogen-bond donors (Lipinski definition) is 0. The topological polar surface area (TPSA) is 79.4 Å². The Morgan fingerprint density at radius 2 is 1.88 bits per heavy atom. The van der Waals surface area contributed by atoms with Gasteiger partial charge >= 0.3 is 0 Å². The Morgan fingerprint density at radius 1 is 1.15 bits per heavy atom. The molecule has 4 rings (SSSR count). The summed E-state index contributed by atoms with van der Waals surface area (Å²) in [7, 11) is 0. The molecule has 0 fully saturated rings. The number of ether oxygens (including phenoxy) is 2. The standard InChI is InChI=1S/C26H28FN3O4/c1-16(20-5-7-21(27)8-6-20)9-13-32-26-24(33-14-12-30-11-10-28-15-30)22(18(3)31)17(2)23-25(26)34-19(4)29-23/h5-8,10-11,15-16H,9,12-14H2,1-4H3. The van der Waals surface area contributed by atoms with E-state index in [1.54, 1.807) is 31.6 Å². The minimum Gasteiger partial charge on any atom is -0.487 e. The van der Waals surface area contributed by atoms with Crippen LogP contribution in [0.1, 0.15) is 53.6 Å². The van der Waals surface area contributed by atoms with Crippen molar-refractivity contribution in [1.29, 1.82) is 0 Å². The number of aryl methyl sites for hydroxylation is 2. The number of rotatable bonds is 10. The molecule has 8 heteroatoms. The maximum Gasteiger partial charge on any atom is 0.207 e. The van der Waals surface area contributed by atoms with Crippen molar-refractivity contribution in [2.45, 2.75) is 46.6 Å². The van der Waals surface area contributed by atoms with Gasteiger partial charge in [0, 0.05) is 19.3 Å². The Kier molecular flexibility index (Phi) is 6.95. The fourth-order valence-electron chi connectivity index (χ4n) is 4.00. The first-order valence-corrected chi connectivity index (χ1v) is 11.3. The Labute approximate surface area is 197 Å². The van der Waals surface area contributed by atoms with Crippen molar-refractivity contribution < 1.29 is 23.1 Å². The fourth-order valence-corrected chi connectivity index (χ4v) is 4.00. The van der Waals surface area contributed by atoms with E-state index in [9.17, 15) is 9.18 Å². The third kappa shape index (κ3) is 4.95. The van der Waals surface area contributed by atoms with Crippen LogP contribution in [0.25, 0.3) is 11.1 Å². The fraction of sp³-hybridized carbons (Fsp3) is 0.346. The summed E-state index contributed by atoms with van der Waals surface area (Å²) in [6.45, 7) is 8.39. The summed E-state index contributed by atoms with van der Waals surface area (Å²) in [5.74, 6) is 0.974. The average molecular weight is 466 g/mol. The Hall–Kier alpha value is -3.68. The quantitative estimate of drug-likeness (QED) is 0.282. The molecule has 4 aromatic rings. The van der Waals surface area contributed by atoms with Gasteiger partial charge in [0.15, 0.2) is 17.4 Å². The second kappa shape index (κ2) is 10.1. The first-order chi connectivity index (χ1) is 16.3. The van der Waals surface area contributed by atoms with Crippen molar-refractivity contribution in [2.75, 3.05) is 13.2 Å². The van der Waals surface area contributed by atoms with Crippen LogP contribution in [0.2, 0.25) is 0 Å². The van der Waals surface area contributed by atoms with Crippen LogP contribution < -0.4 is 9.47 Å². The van der Waals surface area contributed by atoms with Crippen LogP contribution in [-0.4, -0.2) is 33.5 Å². The van der Waals surface area contributed by atoms with Crippen molar-refractivity contribution in [3.63, 3.8) is 0 Å². The lowest BCUT2D eigenvalue weighted by Gasteiger charge is -2.19. The summed E-state index contributed by atoms with van der Waals surface area (Å²) >= 11 is 0. The van der Waals surface area contributed by atoms with Gasteiger partial charge < -0.3 is 18.5 Å². The third-order valence-corrected chi connectivity index (χ3v) is 5.85. The number of benzene rings is 2. The van der Waals surface area contributed by atoms with E-state index < -0.39 is 0 Å². The summed E-state index contributed by atoms with van der Waals surface area (Å²) in [6.07, 6.45) is 5.93. The smallest absolute Gasteiger partial charge is 0.207 e. The zero-order valence-corrected chi connectivity index (χ0v) is 19.8. The summed E-state index contributed by atoms with van der Waals surface area (Å²) in [5.41, 5.74) is 3.21. The number of halogens is 1. The molecule has 178 valence electrons. The minimum atomic E-state index is -0.260. The van der Waals surface area contributed by atoms with E-state index in [0.29, 0.717) is 65.8 Å². The predicted octanol–water partition coefficient (Wildman–Crippen LogP) is 5.63. The van der Waals surface area contributed by atoms with E-state index in [1.807, 2.05) is 17.7 Å². The predicted molar refractivity (Wildman–Crippen MR) is 126 cm³/mol. The summed E-state index contributed by atoms with van der Waals surface area (Å²) < 4.78 is 33.4. The molecule has 0 spiro atoms. The maximum atomic E-state index is 13.3. The van der Waals surface area contributed by atoms with Crippen molar-refractivity contribution in [1.82, 2.24) is 14.5 Å². The average Bonchev–Trinajstić information content (AvgIpc) is 3.45. The van der Waals surface area contributed by atoms with Gasteiger partial charge in [0.05, 0.1) is 25.0 Å². The van der Waals surface area contributed by atoms with E-state index in [-0.39, 0.29) is 17.5 Å². The van der Waals surface area contributed by atoms with Gasteiger partial charge in [0.25, 0.3) is 0 Å². The molecular formula is C26H28FN3O4. The van der Waals surface area contributed by atoms with E-state index in [4.69, 9.17) is 13.9 Å². The van der Waals surface area contributed by atoms with Crippen LogP contribution in [0.5, 0.6) is 11.5 Å². The summed E-state index contributed by atoms with van der Waals surface area (Å²) in [6, 6.07) is 6.47. The third-order valence-electron chi connectivity index (χ3n) is 5.85. The SMILES string of the molecule is CC(=O)c1c(OCCn2ccnc2)c(OCCC(C)c2ccc(F)cc2)c2oc(C)nc2c1C. The van der Waals surface area contributed by atoms with Gasteiger partial charge in [-0.1, -0.05) is 19.1 Å². The second-order valence-corrected chi connectivity index (χ2v) is 8.36. The van der Waals surface area contributed by atoms with E-state index in [2.05, 4.69) is 16.9 Å². The molecule has 2 aromatic carbocycles. The normalized spacial score (nSPS) is 12.1. The van der Waals surface area contributed by atoms with Gasteiger partial charge in [0.2, 0.25) is 11.3 Å². The van der Waals surface area contributed by atoms with Crippen LogP contribution >= 0.6 is 0 Å². The Bertz CT molecular complexity index is 1280. The molecule has 2 heterocycles. The molecule has 0 saturated carbocycles. The van der Waals surface area contributed by atoms with Crippen LogP contribution in [0.4, 0.5) is 4.39 Å². The van der Waals surface area contributed by atoms with Crippen LogP contribution in [-0.2, 0) is 6.54 Å². The maximum absolute atomic E-state index is 13.3. The number of imidazole rings is 1. The molecule has 0 aliphatic rings. The highest BCUT2D eigenvalue weighted by atomic mass is 19.1. The van der Waals surface area contributed by atoms with Gasteiger partial charge in [0.1, 0.15) is 17.9 Å². The number of aromatic nitrogens is 3. The molecule has 0 amide bonds. The first kappa shape index (κ1) is 23.5. The lowest BCUT2D eigenvalue weighted by molar-refractivity contribution is 0.101. The molecule has 0 saturated heterocycles. The molecular weight excluding hydrogens is 437 g/mol. The highest BCUT2D eigenvalue weighted by molar-refractivity contribution is 6.05.